The number of hydrogen-bond donors (Lipinski definition) is 3. The van der Waals surface area contributed by atoms with Crippen molar-refractivity contribution in [3.05, 3.63) is 215 Å². The molecule has 20 atom stereocenters. The first-order valence-corrected chi connectivity index (χ1v) is 35.7. The van der Waals surface area contributed by atoms with Gasteiger partial charge in [0.1, 0.15) is 54.8 Å². The summed E-state index contributed by atoms with van der Waals surface area (Å²) in [4.78, 5) is 125. The van der Waals surface area contributed by atoms with E-state index in [1.54, 1.807) is 146 Å². The Kier molecular flexibility index (Phi) is 30.5. The van der Waals surface area contributed by atoms with E-state index in [1.165, 1.54) is 24.3 Å². The fourth-order valence-electron chi connectivity index (χ4n) is 13.1. The topological polar surface area (TPSA) is 364 Å². The molecular formula is C80H90N2O28. The molecular weight excluding hydrogens is 1440 g/mol. The number of carbonyl (C=O) groups excluding carboxylic acids is 9. The Labute approximate surface area is 634 Å². The summed E-state index contributed by atoms with van der Waals surface area (Å²) in [7, 11) is 0. The molecule has 0 aliphatic carbocycles. The Morgan fingerprint density at radius 3 is 0.927 bits per heavy atom. The number of rotatable bonds is 33. The summed E-state index contributed by atoms with van der Waals surface area (Å²) in [5.41, 5.74) is 2.81. The van der Waals surface area contributed by atoms with Gasteiger partial charge >= 0.3 is 41.8 Å². The minimum atomic E-state index is -2.03. The van der Waals surface area contributed by atoms with Gasteiger partial charge < -0.3 is 101 Å². The molecule has 10 rings (SSSR count). The quantitative estimate of drug-likeness (QED) is 0.0313. The minimum absolute atomic E-state index is 0.00907. The molecule has 110 heavy (non-hydrogen) atoms. The highest BCUT2D eigenvalue weighted by Crippen LogP contribution is 2.40. The maximum atomic E-state index is 15.1. The van der Waals surface area contributed by atoms with Crippen LogP contribution in [0.25, 0.3) is 0 Å². The highest BCUT2D eigenvalue weighted by molar-refractivity contribution is 5.90. The molecule has 30 nitrogen and oxygen atoms in total. The van der Waals surface area contributed by atoms with E-state index in [-0.39, 0.29) is 37.6 Å². The number of aliphatic hydroxyl groups excluding tert-OH is 1. The molecule has 4 saturated heterocycles. The van der Waals surface area contributed by atoms with Crippen LogP contribution < -0.4 is 10.6 Å². The Bertz CT molecular complexity index is 3960. The molecule has 3 N–H and O–H groups in total. The Hall–Kier alpha value is -9.93. The van der Waals surface area contributed by atoms with Crippen LogP contribution in [0.15, 0.2) is 182 Å². The summed E-state index contributed by atoms with van der Waals surface area (Å²) >= 11 is 0. The summed E-state index contributed by atoms with van der Waals surface area (Å²) in [5, 5.41) is 17.4. The van der Waals surface area contributed by atoms with Gasteiger partial charge in [0.25, 0.3) is 0 Å². The molecule has 4 aliphatic heterocycles. The molecule has 588 valence electrons. The van der Waals surface area contributed by atoms with Gasteiger partial charge in [-0.25, -0.2) is 9.59 Å². The maximum absolute atomic E-state index is 15.1. The van der Waals surface area contributed by atoms with Crippen LogP contribution in [0.2, 0.25) is 0 Å². The van der Waals surface area contributed by atoms with E-state index < -0.39 is 203 Å². The second kappa shape index (κ2) is 40.7. The van der Waals surface area contributed by atoms with Gasteiger partial charge in [-0.3, -0.25) is 33.6 Å². The second-order valence-corrected chi connectivity index (χ2v) is 26.3. The zero-order valence-electron chi connectivity index (χ0n) is 61.5. The van der Waals surface area contributed by atoms with Crippen molar-refractivity contribution in [1.29, 1.82) is 0 Å². The number of hydrogen-bond acceptors (Lipinski definition) is 28. The largest absolute Gasteiger partial charge is 0.457 e. The number of benzene rings is 6. The van der Waals surface area contributed by atoms with Gasteiger partial charge in [0, 0.05) is 48.5 Å². The zero-order valence-corrected chi connectivity index (χ0v) is 61.5. The lowest BCUT2D eigenvalue weighted by Crippen LogP contribution is -2.71. The molecule has 4 aliphatic rings. The lowest BCUT2D eigenvalue weighted by atomic mass is 9.93. The molecule has 4 fully saturated rings. The minimum Gasteiger partial charge on any atom is -0.457 e. The number of esters is 7. The van der Waals surface area contributed by atoms with Crippen LogP contribution in [0.3, 0.4) is 0 Å². The van der Waals surface area contributed by atoms with Crippen LogP contribution in [0.1, 0.15) is 91.4 Å². The van der Waals surface area contributed by atoms with Crippen molar-refractivity contribution < 1.29 is 134 Å². The first-order chi connectivity index (χ1) is 53.0. The third kappa shape index (κ3) is 23.6. The summed E-state index contributed by atoms with van der Waals surface area (Å²) in [5.74, 6) is -8.22. The van der Waals surface area contributed by atoms with Gasteiger partial charge in [-0.1, -0.05) is 158 Å². The van der Waals surface area contributed by atoms with Crippen molar-refractivity contribution in [1.82, 2.24) is 10.6 Å². The fraction of sp³-hybridized carbons (Fsp3) is 0.438. The molecule has 30 heteroatoms. The first-order valence-electron chi connectivity index (χ1n) is 35.7. The van der Waals surface area contributed by atoms with Gasteiger partial charge in [-0.15, -0.1) is 0 Å². The normalized spacial score (nSPS) is 27.8. The average molecular weight is 1530 g/mol. The number of nitrogens with one attached hydrogen (secondary N) is 2. The average Bonchev–Trinajstić information content (AvgIpc) is 0.750. The molecule has 2 amide bonds. The van der Waals surface area contributed by atoms with Crippen molar-refractivity contribution in [2.75, 3.05) is 26.4 Å². The van der Waals surface area contributed by atoms with Crippen LogP contribution in [0, 0.1) is 0 Å². The molecule has 0 aromatic heterocycles. The van der Waals surface area contributed by atoms with Crippen LogP contribution in [0.4, 0.5) is 0 Å². The predicted octanol–water partition coefficient (Wildman–Crippen LogP) is 6.02. The highest BCUT2D eigenvalue weighted by atomic mass is 16.8. The van der Waals surface area contributed by atoms with E-state index in [0.717, 1.165) is 59.6 Å². The summed E-state index contributed by atoms with van der Waals surface area (Å²) in [6.07, 6.45) is -31.9. The lowest BCUT2D eigenvalue weighted by molar-refractivity contribution is -0.378. The molecule has 4 heterocycles. The van der Waals surface area contributed by atoms with E-state index in [0.29, 0.717) is 11.1 Å². The summed E-state index contributed by atoms with van der Waals surface area (Å²) < 4.78 is 117. The molecule has 0 bridgehead atoms. The van der Waals surface area contributed by atoms with E-state index in [4.69, 9.17) is 85.3 Å². The monoisotopic (exact) mass is 1530 g/mol. The molecule has 0 radical (unpaired) electrons. The smallest absolute Gasteiger partial charge is 0.338 e. The van der Waals surface area contributed by atoms with Gasteiger partial charge in [0.05, 0.1) is 64.0 Å². The van der Waals surface area contributed by atoms with E-state index in [2.05, 4.69) is 10.6 Å². The van der Waals surface area contributed by atoms with E-state index in [1.807, 2.05) is 12.1 Å². The van der Waals surface area contributed by atoms with Crippen LogP contribution in [-0.4, -0.2) is 208 Å². The van der Waals surface area contributed by atoms with Crippen molar-refractivity contribution >= 4 is 53.6 Å². The standard InChI is InChI=1S/C80H90N2O28/c1-46(83)81-63-69(106-75(90)57-34-22-12-23-35-57)65(59(102-77(63)92)42-93-38-53-26-14-8-15-27-53)108-80-74(101-52(7)89)72(68(98-49(4)86)62(105-80)45-96-41-56-32-20-11-21-33-56)110-78-64(82-47(2)84)70(107-76(91)58-36-24-13-25-37-58)66(60(103-78)43-94-39-54-28-16-9-17-29-54)109-79-73(100-51(6)88)71(99-50(5)87)67(97-48(3)85)61(104-79)44-95-40-55-30-18-10-19-31-55/h8-37,59-74,77-80,92H,38-45H2,1-7H3,(H,81,83)(H,82,84)/t59-,60-,61-,62-,63-,64-,65-,66-,67+,68+,69-,70-,71+,72+,73-,74-,77-,78+,79+,80+/m1/s1. The Morgan fingerprint density at radius 1 is 0.300 bits per heavy atom. The van der Waals surface area contributed by atoms with Crippen LogP contribution in [-0.2, 0) is 145 Å². The van der Waals surface area contributed by atoms with Crippen molar-refractivity contribution in [3.63, 3.8) is 0 Å². The molecule has 6 aromatic carbocycles. The third-order valence-electron chi connectivity index (χ3n) is 17.7. The molecule has 6 aromatic rings. The first kappa shape index (κ1) is 82.6. The Morgan fingerprint density at radius 2 is 0.573 bits per heavy atom. The van der Waals surface area contributed by atoms with E-state index in [9.17, 15) is 43.5 Å². The maximum Gasteiger partial charge on any atom is 0.338 e. The zero-order chi connectivity index (χ0) is 78.2. The SMILES string of the molecule is CC(=O)N[C@@H]1[C@@H](OC(=O)c2ccccc2)[C@H](O[C@@H]2O[C@H](COCc3ccccc3)[C@H](OC(C)=O)[C@H](O[C@@H]3O[C@H](COCc4ccccc4)[C@@H](O[C@@H]4O[C@H](COCc5ccccc5)[C@H](OC(C)=O)[C@H](OC(C)=O)[C@H]4OC(C)=O)[C@H](OC(=O)c4ccccc4)[C@H]3NC(C)=O)[C@H]2OC(C)=O)[C@@H](COCc2ccccc2)O[C@H]1O. The summed E-state index contributed by atoms with van der Waals surface area (Å²) in [6.45, 7) is 5.55. The van der Waals surface area contributed by atoms with Crippen LogP contribution >= 0.6 is 0 Å². The van der Waals surface area contributed by atoms with Gasteiger partial charge in [0.2, 0.25) is 11.8 Å². The van der Waals surface area contributed by atoms with Crippen molar-refractivity contribution in [3.8, 4) is 0 Å². The molecule has 0 saturated carbocycles. The van der Waals surface area contributed by atoms with Gasteiger partial charge in [-0.05, 0) is 46.5 Å². The van der Waals surface area contributed by atoms with Gasteiger partial charge in [0.15, 0.2) is 67.9 Å². The highest BCUT2D eigenvalue weighted by Gasteiger charge is 2.61. The van der Waals surface area contributed by atoms with Crippen molar-refractivity contribution in [2.45, 2.75) is 198 Å². The van der Waals surface area contributed by atoms with Gasteiger partial charge in [-0.2, -0.15) is 0 Å². The number of ether oxygens (including phenoxy) is 18. The molecule has 0 spiro atoms. The van der Waals surface area contributed by atoms with E-state index >= 15 is 4.79 Å². The number of carbonyl (C=O) groups is 9. The fourth-order valence-corrected chi connectivity index (χ4v) is 13.1. The third-order valence-corrected chi connectivity index (χ3v) is 17.7. The Balaban J connectivity index is 1.12. The van der Waals surface area contributed by atoms with Crippen molar-refractivity contribution in [2.24, 2.45) is 0 Å². The van der Waals surface area contributed by atoms with Crippen LogP contribution in [0.5, 0.6) is 0 Å². The predicted molar refractivity (Wildman–Crippen MR) is 380 cm³/mol. The number of amides is 2. The lowest BCUT2D eigenvalue weighted by Gasteiger charge is -2.52. The second-order valence-electron chi connectivity index (χ2n) is 26.3. The summed E-state index contributed by atoms with van der Waals surface area (Å²) in [6, 6.07) is 47.8. The number of aliphatic hydroxyl groups is 1. The molecule has 0 unspecified atom stereocenters.